The van der Waals surface area contributed by atoms with E-state index in [4.69, 9.17) is 0 Å². The SMILES string of the molecule is O=CNCc1cccc(SCc2ccccc2)c1SCc1ccccc1. The molecule has 132 valence electrons. The van der Waals surface area contributed by atoms with Crippen molar-refractivity contribution in [2.24, 2.45) is 0 Å². The highest BCUT2D eigenvalue weighted by atomic mass is 32.2. The van der Waals surface area contributed by atoms with Crippen molar-refractivity contribution in [3.8, 4) is 0 Å². The lowest BCUT2D eigenvalue weighted by Crippen LogP contribution is -2.10. The summed E-state index contributed by atoms with van der Waals surface area (Å²) in [5, 5.41) is 2.80. The minimum atomic E-state index is 0.556. The predicted molar refractivity (Wildman–Crippen MR) is 111 cm³/mol. The molecule has 0 aliphatic heterocycles. The molecule has 1 amide bonds. The van der Waals surface area contributed by atoms with Gasteiger partial charge in [0.25, 0.3) is 0 Å². The molecule has 0 bridgehead atoms. The van der Waals surface area contributed by atoms with E-state index in [1.807, 2.05) is 35.7 Å². The van der Waals surface area contributed by atoms with Gasteiger partial charge in [0.2, 0.25) is 6.41 Å². The van der Waals surface area contributed by atoms with Crippen LogP contribution in [0.4, 0.5) is 0 Å². The molecule has 0 aromatic heterocycles. The molecule has 0 saturated carbocycles. The number of nitrogens with one attached hydrogen (secondary N) is 1. The molecule has 1 N–H and O–H groups in total. The quantitative estimate of drug-likeness (QED) is 0.392. The van der Waals surface area contributed by atoms with Gasteiger partial charge in [0.05, 0.1) is 0 Å². The van der Waals surface area contributed by atoms with Crippen LogP contribution in [0.1, 0.15) is 16.7 Å². The molecule has 0 atom stereocenters. The van der Waals surface area contributed by atoms with Gasteiger partial charge in [-0.2, -0.15) is 0 Å². The van der Waals surface area contributed by atoms with Crippen LogP contribution in [-0.4, -0.2) is 6.41 Å². The van der Waals surface area contributed by atoms with Gasteiger partial charge in [-0.05, 0) is 22.8 Å². The molecule has 0 spiro atoms. The standard InChI is InChI=1S/C22H21NOS2/c24-17-23-14-20-12-7-13-21(25-15-18-8-3-1-4-9-18)22(20)26-16-19-10-5-2-6-11-19/h1-13,17H,14-16H2,(H,23,24). The van der Waals surface area contributed by atoms with E-state index in [9.17, 15) is 4.79 Å². The van der Waals surface area contributed by atoms with Gasteiger partial charge in [0.15, 0.2) is 0 Å². The topological polar surface area (TPSA) is 29.1 Å². The summed E-state index contributed by atoms with van der Waals surface area (Å²) in [6.07, 6.45) is 0.759. The average molecular weight is 380 g/mol. The Balaban J connectivity index is 1.78. The molecule has 3 rings (SSSR count). The number of benzene rings is 3. The molecule has 0 aliphatic rings. The van der Waals surface area contributed by atoms with Crippen LogP contribution in [0, 0.1) is 0 Å². The van der Waals surface area contributed by atoms with Gasteiger partial charge < -0.3 is 5.32 Å². The molecular formula is C22H21NOS2. The third-order valence-electron chi connectivity index (χ3n) is 3.90. The molecule has 2 nitrogen and oxygen atoms in total. The number of carbonyl (C=O) groups is 1. The second kappa shape index (κ2) is 10.1. The molecule has 0 heterocycles. The number of rotatable bonds is 9. The average Bonchev–Trinajstić information content (AvgIpc) is 2.71. The van der Waals surface area contributed by atoms with Gasteiger partial charge in [-0.15, -0.1) is 23.5 Å². The molecule has 0 saturated heterocycles. The monoisotopic (exact) mass is 379 g/mol. The Bertz CT molecular complexity index is 822. The highest BCUT2D eigenvalue weighted by Gasteiger charge is 2.10. The first kappa shape index (κ1) is 18.6. The third kappa shape index (κ3) is 5.41. The molecule has 26 heavy (non-hydrogen) atoms. The fourth-order valence-corrected chi connectivity index (χ4v) is 4.94. The van der Waals surface area contributed by atoms with E-state index in [0.717, 1.165) is 23.5 Å². The summed E-state index contributed by atoms with van der Waals surface area (Å²) in [7, 11) is 0. The van der Waals surface area contributed by atoms with Gasteiger partial charge in [-0.3, -0.25) is 4.79 Å². The van der Waals surface area contributed by atoms with Crippen LogP contribution in [0.5, 0.6) is 0 Å². The van der Waals surface area contributed by atoms with Gasteiger partial charge in [0, 0.05) is 27.8 Å². The molecule has 0 aliphatic carbocycles. The van der Waals surface area contributed by atoms with Crippen molar-refractivity contribution >= 4 is 29.9 Å². The van der Waals surface area contributed by atoms with E-state index in [2.05, 4.69) is 72.0 Å². The molecule has 3 aromatic rings. The maximum absolute atomic E-state index is 10.7. The smallest absolute Gasteiger partial charge is 0.207 e. The third-order valence-corrected chi connectivity index (χ3v) is 6.41. The van der Waals surface area contributed by atoms with Gasteiger partial charge in [0.1, 0.15) is 0 Å². The van der Waals surface area contributed by atoms with Gasteiger partial charge >= 0.3 is 0 Å². The second-order valence-electron chi connectivity index (χ2n) is 5.79. The largest absolute Gasteiger partial charge is 0.355 e. The number of hydrogen-bond acceptors (Lipinski definition) is 3. The lowest BCUT2D eigenvalue weighted by Gasteiger charge is -2.14. The number of thioether (sulfide) groups is 2. The first-order valence-corrected chi connectivity index (χ1v) is 10.5. The van der Waals surface area contributed by atoms with Crippen LogP contribution in [0.15, 0.2) is 88.7 Å². The summed E-state index contributed by atoms with van der Waals surface area (Å²) >= 11 is 3.68. The fraction of sp³-hybridized carbons (Fsp3) is 0.136. The summed E-state index contributed by atoms with van der Waals surface area (Å²) in [6.45, 7) is 0.556. The van der Waals surface area contributed by atoms with Crippen LogP contribution in [0.2, 0.25) is 0 Å². The summed E-state index contributed by atoms with van der Waals surface area (Å²) in [4.78, 5) is 13.3. The molecule has 3 aromatic carbocycles. The van der Waals surface area contributed by atoms with Crippen molar-refractivity contribution in [3.63, 3.8) is 0 Å². The van der Waals surface area contributed by atoms with E-state index in [0.29, 0.717) is 6.54 Å². The predicted octanol–water partition coefficient (Wildman–Crippen LogP) is 5.52. The van der Waals surface area contributed by atoms with E-state index in [1.165, 1.54) is 20.9 Å². The van der Waals surface area contributed by atoms with Crippen molar-refractivity contribution in [1.82, 2.24) is 5.32 Å². The normalized spacial score (nSPS) is 10.5. The van der Waals surface area contributed by atoms with E-state index >= 15 is 0 Å². The van der Waals surface area contributed by atoms with Crippen LogP contribution in [-0.2, 0) is 22.8 Å². The Labute approximate surface area is 163 Å². The molecular weight excluding hydrogens is 358 g/mol. The molecule has 0 fully saturated rings. The highest BCUT2D eigenvalue weighted by molar-refractivity contribution is 8.01. The van der Waals surface area contributed by atoms with Crippen molar-refractivity contribution in [3.05, 3.63) is 95.6 Å². The minimum absolute atomic E-state index is 0.556. The van der Waals surface area contributed by atoms with E-state index in [-0.39, 0.29) is 0 Å². The first-order chi connectivity index (χ1) is 12.9. The molecule has 0 radical (unpaired) electrons. The van der Waals surface area contributed by atoms with Crippen LogP contribution in [0.25, 0.3) is 0 Å². The maximum atomic E-state index is 10.7. The molecule has 4 heteroatoms. The Morgan fingerprint density at radius 1 is 0.731 bits per heavy atom. The Morgan fingerprint density at radius 3 is 1.96 bits per heavy atom. The zero-order valence-electron chi connectivity index (χ0n) is 14.4. The summed E-state index contributed by atoms with van der Waals surface area (Å²) < 4.78 is 0. The summed E-state index contributed by atoms with van der Waals surface area (Å²) in [5.41, 5.74) is 3.78. The summed E-state index contributed by atoms with van der Waals surface area (Å²) in [6, 6.07) is 27.3. The highest BCUT2D eigenvalue weighted by Crippen LogP contribution is 2.37. The Hall–Kier alpha value is -2.17. The number of hydrogen-bond donors (Lipinski definition) is 1. The lowest BCUT2D eigenvalue weighted by atomic mass is 10.2. The minimum Gasteiger partial charge on any atom is -0.355 e. The second-order valence-corrected chi connectivity index (χ2v) is 7.79. The number of carbonyl (C=O) groups excluding carboxylic acids is 1. The van der Waals surface area contributed by atoms with Crippen LogP contribution in [0.3, 0.4) is 0 Å². The van der Waals surface area contributed by atoms with Crippen molar-refractivity contribution < 1.29 is 4.79 Å². The fourth-order valence-electron chi connectivity index (χ4n) is 2.59. The van der Waals surface area contributed by atoms with E-state index < -0.39 is 0 Å². The van der Waals surface area contributed by atoms with Crippen molar-refractivity contribution in [2.75, 3.05) is 0 Å². The number of amides is 1. The van der Waals surface area contributed by atoms with Gasteiger partial charge in [-0.25, -0.2) is 0 Å². The molecule has 0 unspecified atom stereocenters. The first-order valence-electron chi connectivity index (χ1n) is 8.49. The zero-order chi connectivity index (χ0) is 18.0. The van der Waals surface area contributed by atoms with Crippen LogP contribution >= 0.6 is 23.5 Å². The van der Waals surface area contributed by atoms with Crippen molar-refractivity contribution in [1.29, 1.82) is 0 Å². The Kier molecular flexibility index (Phi) is 7.23. The lowest BCUT2D eigenvalue weighted by molar-refractivity contribution is -0.109. The zero-order valence-corrected chi connectivity index (χ0v) is 16.1. The van der Waals surface area contributed by atoms with Crippen molar-refractivity contribution in [2.45, 2.75) is 27.8 Å². The van der Waals surface area contributed by atoms with E-state index in [1.54, 1.807) is 0 Å². The Morgan fingerprint density at radius 2 is 1.35 bits per heavy atom. The maximum Gasteiger partial charge on any atom is 0.207 e. The van der Waals surface area contributed by atoms with Gasteiger partial charge in [-0.1, -0.05) is 72.8 Å². The summed E-state index contributed by atoms with van der Waals surface area (Å²) in [5.74, 6) is 1.85. The van der Waals surface area contributed by atoms with Crippen LogP contribution < -0.4 is 5.32 Å².